The number of amides is 2. The molecule has 138 valence electrons. The molecule has 2 rings (SSSR count). The third-order valence-electron chi connectivity index (χ3n) is 4.56. The Morgan fingerprint density at radius 3 is 2.44 bits per heavy atom. The van der Waals surface area contributed by atoms with Crippen molar-refractivity contribution in [3.8, 4) is 0 Å². The average molecular weight is 346 g/mol. The molecule has 1 aromatic rings. The fourth-order valence-corrected chi connectivity index (χ4v) is 2.95. The second-order valence-corrected chi connectivity index (χ2v) is 8.33. The number of rotatable bonds is 4. The highest BCUT2D eigenvalue weighted by atomic mass is 16.3. The number of hydrogen-bond acceptors (Lipinski definition) is 3. The summed E-state index contributed by atoms with van der Waals surface area (Å²) < 4.78 is 0. The highest BCUT2D eigenvalue weighted by Crippen LogP contribution is 2.21. The van der Waals surface area contributed by atoms with Crippen LogP contribution in [0.2, 0.25) is 0 Å². The Balaban J connectivity index is 1.87. The third-order valence-corrected chi connectivity index (χ3v) is 4.56. The molecule has 2 amide bonds. The van der Waals surface area contributed by atoms with Gasteiger partial charge in [0.15, 0.2) is 0 Å². The Kier molecular flexibility index (Phi) is 6.22. The SMILES string of the molecule is CC1CCN(C(=O)Cc2ccc(NC(=O)CC(C)(C)C)cc2)CC1O. The van der Waals surface area contributed by atoms with E-state index in [9.17, 15) is 14.7 Å². The first-order valence-electron chi connectivity index (χ1n) is 8.99. The summed E-state index contributed by atoms with van der Waals surface area (Å²) in [6.07, 6.45) is 1.18. The predicted molar refractivity (Wildman–Crippen MR) is 99.2 cm³/mol. The van der Waals surface area contributed by atoms with E-state index in [2.05, 4.69) is 5.32 Å². The van der Waals surface area contributed by atoms with Crippen molar-refractivity contribution in [1.29, 1.82) is 0 Å². The Labute approximate surface area is 150 Å². The minimum atomic E-state index is -0.432. The maximum absolute atomic E-state index is 12.4. The number of β-amino-alcohol motifs (C(OH)–C–C–N with tert-alkyl or cyclic N) is 1. The molecule has 0 saturated carbocycles. The van der Waals surface area contributed by atoms with Crippen molar-refractivity contribution in [3.05, 3.63) is 29.8 Å². The van der Waals surface area contributed by atoms with Gasteiger partial charge in [0.25, 0.3) is 0 Å². The number of likely N-dealkylation sites (tertiary alicyclic amines) is 1. The summed E-state index contributed by atoms with van der Waals surface area (Å²) in [5.41, 5.74) is 1.60. The second kappa shape index (κ2) is 8.00. The van der Waals surface area contributed by atoms with Crippen LogP contribution in [0.3, 0.4) is 0 Å². The lowest BCUT2D eigenvalue weighted by Crippen LogP contribution is -2.46. The van der Waals surface area contributed by atoms with E-state index in [1.165, 1.54) is 0 Å². The van der Waals surface area contributed by atoms with Gasteiger partial charge in [-0.1, -0.05) is 39.8 Å². The highest BCUT2D eigenvalue weighted by Gasteiger charge is 2.27. The predicted octanol–water partition coefficient (Wildman–Crippen LogP) is 2.83. The fraction of sp³-hybridized carbons (Fsp3) is 0.600. The van der Waals surface area contributed by atoms with E-state index in [-0.39, 0.29) is 23.1 Å². The number of carbonyl (C=O) groups excluding carboxylic acids is 2. The first kappa shape index (κ1) is 19.4. The van der Waals surface area contributed by atoms with Crippen molar-refractivity contribution in [3.63, 3.8) is 0 Å². The summed E-state index contributed by atoms with van der Waals surface area (Å²) >= 11 is 0. The molecule has 1 aliphatic heterocycles. The number of hydrogen-bond donors (Lipinski definition) is 2. The van der Waals surface area contributed by atoms with Gasteiger partial charge in [-0.2, -0.15) is 0 Å². The highest BCUT2D eigenvalue weighted by molar-refractivity contribution is 5.91. The van der Waals surface area contributed by atoms with Gasteiger partial charge in [0, 0.05) is 25.2 Å². The number of nitrogens with one attached hydrogen (secondary N) is 1. The van der Waals surface area contributed by atoms with Crippen molar-refractivity contribution >= 4 is 17.5 Å². The second-order valence-electron chi connectivity index (χ2n) is 8.33. The summed E-state index contributed by atoms with van der Waals surface area (Å²) in [5, 5.41) is 12.8. The van der Waals surface area contributed by atoms with E-state index in [1.54, 1.807) is 4.90 Å². The first-order valence-corrected chi connectivity index (χ1v) is 8.99. The van der Waals surface area contributed by atoms with Crippen LogP contribution >= 0.6 is 0 Å². The molecule has 0 radical (unpaired) electrons. The summed E-state index contributed by atoms with van der Waals surface area (Å²) in [7, 11) is 0. The van der Waals surface area contributed by atoms with Crippen LogP contribution in [0.5, 0.6) is 0 Å². The molecule has 0 aliphatic carbocycles. The molecular weight excluding hydrogens is 316 g/mol. The molecule has 1 saturated heterocycles. The maximum atomic E-state index is 12.4. The number of benzene rings is 1. The van der Waals surface area contributed by atoms with Crippen molar-refractivity contribution < 1.29 is 14.7 Å². The van der Waals surface area contributed by atoms with Crippen molar-refractivity contribution in [2.45, 2.75) is 53.1 Å². The normalized spacial score (nSPS) is 21.1. The van der Waals surface area contributed by atoms with Crippen molar-refractivity contribution in [1.82, 2.24) is 4.90 Å². The van der Waals surface area contributed by atoms with Gasteiger partial charge in [-0.3, -0.25) is 9.59 Å². The lowest BCUT2D eigenvalue weighted by molar-refractivity contribution is -0.134. The molecule has 0 spiro atoms. The summed E-state index contributed by atoms with van der Waals surface area (Å²) in [5.74, 6) is 0.281. The first-order chi connectivity index (χ1) is 11.6. The van der Waals surface area contributed by atoms with Crippen LogP contribution in [0.15, 0.2) is 24.3 Å². The van der Waals surface area contributed by atoms with E-state index in [4.69, 9.17) is 0 Å². The zero-order chi connectivity index (χ0) is 18.6. The lowest BCUT2D eigenvalue weighted by Gasteiger charge is -2.34. The number of carbonyl (C=O) groups is 2. The van der Waals surface area contributed by atoms with Gasteiger partial charge >= 0.3 is 0 Å². The number of aliphatic hydroxyl groups excluding tert-OH is 1. The summed E-state index contributed by atoms with van der Waals surface area (Å²) in [6, 6.07) is 7.40. The monoisotopic (exact) mass is 346 g/mol. The molecule has 1 aromatic carbocycles. The Morgan fingerprint density at radius 2 is 1.88 bits per heavy atom. The van der Waals surface area contributed by atoms with Gasteiger partial charge in [0.05, 0.1) is 12.5 Å². The van der Waals surface area contributed by atoms with Gasteiger partial charge in [-0.25, -0.2) is 0 Å². The molecular formula is C20H30N2O3. The van der Waals surface area contributed by atoms with Gasteiger partial charge in [0.1, 0.15) is 0 Å². The molecule has 2 unspecified atom stereocenters. The van der Waals surface area contributed by atoms with Crippen LogP contribution in [-0.2, 0) is 16.0 Å². The standard InChI is InChI=1S/C20H30N2O3/c1-14-9-10-22(13-17(14)23)19(25)11-15-5-7-16(8-6-15)21-18(24)12-20(2,3)4/h5-8,14,17,23H,9-13H2,1-4H3,(H,21,24). The third kappa shape index (κ3) is 6.16. The van der Waals surface area contributed by atoms with Gasteiger partial charge in [-0.15, -0.1) is 0 Å². The average Bonchev–Trinajstić information content (AvgIpc) is 2.50. The molecule has 0 aromatic heterocycles. The number of anilines is 1. The minimum absolute atomic E-state index is 0.00671. The summed E-state index contributed by atoms with van der Waals surface area (Å²) in [6.45, 7) is 9.22. The van der Waals surface area contributed by atoms with Crippen LogP contribution in [0, 0.1) is 11.3 Å². The van der Waals surface area contributed by atoms with E-state index in [0.717, 1.165) is 17.7 Å². The van der Waals surface area contributed by atoms with E-state index < -0.39 is 6.10 Å². The minimum Gasteiger partial charge on any atom is -0.391 e. The lowest BCUT2D eigenvalue weighted by atomic mass is 9.92. The van der Waals surface area contributed by atoms with Crippen molar-refractivity contribution in [2.24, 2.45) is 11.3 Å². The number of nitrogens with zero attached hydrogens (tertiary/aromatic N) is 1. The molecule has 0 bridgehead atoms. The zero-order valence-corrected chi connectivity index (χ0v) is 15.7. The Hall–Kier alpha value is -1.88. The Bertz CT molecular complexity index is 604. The van der Waals surface area contributed by atoms with Gasteiger partial charge < -0.3 is 15.3 Å². The molecule has 5 nitrogen and oxygen atoms in total. The molecule has 2 atom stereocenters. The van der Waals surface area contributed by atoms with E-state index in [1.807, 2.05) is 52.0 Å². The van der Waals surface area contributed by atoms with Crippen LogP contribution in [0.4, 0.5) is 5.69 Å². The maximum Gasteiger partial charge on any atom is 0.227 e. The van der Waals surface area contributed by atoms with Gasteiger partial charge in [0.2, 0.25) is 11.8 Å². The van der Waals surface area contributed by atoms with Crippen LogP contribution in [-0.4, -0.2) is 41.0 Å². The molecule has 2 N–H and O–H groups in total. The number of aliphatic hydroxyl groups is 1. The number of piperidine rings is 1. The van der Waals surface area contributed by atoms with E-state index in [0.29, 0.717) is 25.9 Å². The van der Waals surface area contributed by atoms with Crippen LogP contribution in [0.1, 0.15) is 46.1 Å². The molecule has 1 heterocycles. The fourth-order valence-electron chi connectivity index (χ4n) is 2.95. The topological polar surface area (TPSA) is 69.6 Å². The van der Waals surface area contributed by atoms with E-state index >= 15 is 0 Å². The molecule has 5 heteroatoms. The smallest absolute Gasteiger partial charge is 0.227 e. The molecule has 1 fully saturated rings. The largest absolute Gasteiger partial charge is 0.391 e. The Morgan fingerprint density at radius 1 is 1.24 bits per heavy atom. The molecule has 1 aliphatic rings. The van der Waals surface area contributed by atoms with Crippen LogP contribution < -0.4 is 5.32 Å². The molecule has 25 heavy (non-hydrogen) atoms. The van der Waals surface area contributed by atoms with Gasteiger partial charge in [-0.05, 0) is 35.4 Å². The van der Waals surface area contributed by atoms with Crippen molar-refractivity contribution in [2.75, 3.05) is 18.4 Å². The van der Waals surface area contributed by atoms with Crippen LogP contribution in [0.25, 0.3) is 0 Å². The quantitative estimate of drug-likeness (QED) is 0.881. The zero-order valence-electron chi connectivity index (χ0n) is 15.7. The summed E-state index contributed by atoms with van der Waals surface area (Å²) in [4.78, 5) is 26.1.